The van der Waals surface area contributed by atoms with Crippen molar-refractivity contribution in [2.75, 3.05) is 36.2 Å². The lowest BCUT2D eigenvalue weighted by Crippen LogP contribution is -2.09. The molecular weight excluding hydrogens is 366 g/mol. The predicted molar refractivity (Wildman–Crippen MR) is 117 cm³/mol. The molecule has 2 aromatic carbocycles. The second-order valence-corrected chi connectivity index (χ2v) is 6.68. The summed E-state index contributed by atoms with van der Waals surface area (Å²) in [6, 6.07) is 17.0. The van der Waals surface area contributed by atoms with Crippen LogP contribution in [0.15, 0.2) is 54.6 Å². The summed E-state index contributed by atoms with van der Waals surface area (Å²) in [5.74, 6) is 0.682. The van der Waals surface area contributed by atoms with Gasteiger partial charge < -0.3 is 20.3 Å². The highest BCUT2D eigenvalue weighted by Crippen LogP contribution is 2.23. The fraction of sp³-hybridized carbons (Fsp3) is 0.227. The Hall–Kier alpha value is -3.61. The Bertz CT molecular complexity index is 987. The molecule has 1 heterocycles. The third kappa shape index (κ3) is 5.22. The summed E-state index contributed by atoms with van der Waals surface area (Å²) < 4.78 is 5.13. The molecule has 0 aliphatic carbocycles. The Labute approximate surface area is 170 Å². The van der Waals surface area contributed by atoms with Crippen molar-refractivity contribution in [1.82, 2.24) is 9.97 Å². The summed E-state index contributed by atoms with van der Waals surface area (Å²) in [6.07, 6.45) is 0. The van der Waals surface area contributed by atoms with Crippen LogP contribution in [0.4, 0.5) is 28.8 Å². The molecule has 2 N–H and O–H groups in total. The number of nitrogens with zero attached hydrogens (tertiary/aromatic N) is 3. The minimum Gasteiger partial charge on any atom is -0.462 e. The van der Waals surface area contributed by atoms with Crippen molar-refractivity contribution in [3.8, 4) is 0 Å². The van der Waals surface area contributed by atoms with E-state index in [1.807, 2.05) is 68.4 Å². The van der Waals surface area contributed by atoms with E-state index in [0.29, 0.717) is 29.6 Å². The number of esters is 1. The van der Waals surface area contributed by atoms with Gasteiger partial charge in [-0.1, -0.05) is 12.1 Å². The lowest BCUT2D eigenvalue weighted by molar-refractivity contribution is 0.0527. The van der Waals surface area contributed by atoms with Gasteiger partial charge in [0.1, 0.15) is 5.82 Å². The Balaban J connectivity index is 1.82. The van der Waals surface area contributed by atoms with Crippen LogP contribution in [0.25, 0.3) is 0 Å². The van der Waals surface area contributed by atoms with Crippen LogP contribution < -0.4 is 15.5 Å². The molecule has 1 aromatic heterocycles. The lowest BCUT2D eigenvalue weighted by atomic mass is 10.2. The molecule has 0 radical (unpaired) electrons. The Morgan fingerprint density at radius 3 is 2.45 bits per heavy atom. The van der Waals surface area contributed by atoms with Crippen molar-refractivity contribution in [2.45, 2.75) is 13.8 Å². The second-order valence-electron chi connectivity index (χ2n) is 6.68. The molecule has 0 amide bonds. The summed E-state index contributed by atoms with van der Waals surface area (Å²) in [5, 5.41) is 6.43. The predicted octanol–water partition coefficient (Wildman–Crippen LogP) is 4.51. The highest BCUT2D eigenvalue weighted by atomic mass is 16.5. The van der Waals surface area contributed by atoms with E-state index >= 15 is 0 Å². The zero-order valence-corrected chi connectivity index (χ0v) is 17.1. The molecule has 0 bridgehead atoms. The summed E-state index contributed by atoms with van der Waals surface area (Å²) in [7, 11) is 4.00. The van der Waals surface area contributed by atoms with Gasteiger partial charge in [0.05, 0.1) is 17.9 Å². The Kier molecular flexibility index (Phi) is 6.29. The molecule has 0 aliphatic heterocycles. The second kappa shape index (κ2) is 9.05. The van der Waals surface area contributed by atoms with Crippen LogP contribution in [0, 0.1) is 6.92 Å². The van der Waals surface area contributed by atoms with E-state index in [1.54, 1.807) is 19.1 Å². The number of hydrogen-bond donors (Lipinski definition) is 2. The number of rotatable bonds is 7. The monoisotopic (exact) mass is 391 g/mol. The van der Waals surface area contributed by atoms with Crippen molar-refractivity contribution < 1.29 is 9.53 Å². The quantitative estimate of drug-likeness (QED) is 0.574. The number of nitrogens with one attached hydrogen (secondary N) is 2. The molecule has 0 aliphatic rings. The minimum absolute atomic E-state index is 0.320. The maximum absolute atomic E-state index is 12.2. The number of ether oxygens (including phenoxy) is 1. The maximum Gasteiger partial charge on any atom is 0.340 e. The largest absolute Gasteiger partial charge is 0.462 e. The number of carbonyl (C=O) groups is 1. The third-order valence-electron chi connectivity index (χ3n) is 4.18. The van der Waals surface area contributed by atoms with E-state index in [9.17, 15) is 4.79 Å². The van der Waals surface area contributed by atoms with Gasteiger partial charge in [-0.25, -0.2) is 9.78 Å². The molecule has 0 atom stereocenters. The average Bonchev–Trinajstić information content (AvgIpc) is 2.68. The zero-order valence-electron chi connectivity index (χ0n) is 17.1. The maximum atomic E-state index is 12.2. The first-order chi connectivity index (χ1) is 14.0. The summed E-state index contributed by atoms with van der Waals surface area (Å²) in [4.78, 5) is 23.2. The standard InChI is InChI=1S/C22H25N5O2/c1-5-29-21(28)18-8-6-7-9-19(18)25-20-14-15(2)23-22(26-20)24-16-10-12-17(13-11-16)27(3)4/h6-14H,5H2,1-4H3,(H2,23,24,25,26). The molecule has 0 saturated heterocycles. The smallest absolute Gasteiger partial charge is 0.340 e. The average molecular weight is 391 g/mol. The van der Waals surface area contributed by atoms with E-state index in [1.165, 1.54) is 0 Å². The number of carbonyl (C=O) groups excluding carboxylic acids is 1. The molecule has 0 spiro atoms. The fourth-order valence-electron chi connectivity index (χ4n) is 2.78. The first-order valence-corrected chi connectivity index (χ1v) is 9.39. The van der Waals surface area contributed by atoms with Crippen LogP contribution in [0.2, 0.25) is 0 Å². The van der Waals surface area contributed by atoms with Crippen molar-refractivity contribution in [2.24, 2.45) is 0 Å². The molecule has 0 unspecified atom stereocenters. The topological polar surface area (TPSA) is 79.4 Å². The number of anilines is 5. The molecule has 29 heavy (non-hydrogen) atoms. The van der Waals surface area contributed by atoms with Crippen LogP contribution in [0.1, 0.15) is 23.0 Å². The van der Waals surface area contributed by atoms with Gasteiger partial charge in [0.25, 0.3) is 0 Å². The van der Waals surface area contributed by atoms with E-state index in [2.05, 4.69) is 20.6 Å². The van der Waals surface area contributed by atoms with E-state index in [0.717, 1.165) is 17.1 Å². The number of hydrogen-bond acceptors (Lipinski definition) is 7. The molecule has 0 fully saturated rings. The van der Waals surface area contributed by atoms with Gasteiger partial charge in [-0.15, -0.1) is 0 Å². The molecule has 7 heteroatoms. The van der Waals surface area contributed by atoms with Crippen molar-refractivity contribution >= 4 is 34.8 Å². The molecule has 7 nitrogen and oxygen atoms in total. The SMILES string of the molecule is CCOC(=O)c1ccccc1Nc1cc(C)nc(Nc2ccc(N(C)C)cc2)n1. The number of aromatic nitrogens is 2. The number of benzene rings is 2. The summed E-state index contributed by atoms with van der Waals surface area (Å²) in [6.45, 7) is 4.00. The normalized spacial score (nSPS) is 10.3. The van der Waals surface area contributed by atoms with Crippen LogP contribution in [-0.4, -0.2) is 36.6 Å². The van der Waals surface area contributed by atoms with Crippen molar-refractivity contribution in [1.29, 1.82) is 0 Å². The van der Waals surface area contributed by atoms with Gasteiger partial charge in [-0.3, -0.25) is 0 Å². The van der Waals surface area contributed by atoms with Crippen LogP contribution in [-0.2, 0) is 4.74 Å². The van der Waals surface area contributed by atoms with E-state index < -0.39 is 0 Å². The van der Waals surface area contributed by atoms with Crippen molar-refractivity contribution in [3.63, 3.8) is 0 Å². The zero-order chi connectivity index (χ0) is 20.8. The van der Waals surface area contributed by atoms with Crippen LogP contribution >= 0.6 is 0 Å². The van der Waals surface area contributed by atoms with Gasteiger partial charge in [-0.05, 0) is 50.2 Å². The van der Waals surface area contributed by atoms with E-state index in [4.69, 9.17) is 4.74 Å². The molecule has 150 valence electrons. The molecule has 3 rings (SSSR count). The Morgan fingerprint density at radius 1 is 1.03 bits per heavy atom. The minimum atomic E-state index is -0.374. The van der Waals surface area contributed by atoms with Crippen LogP contribution in [0.3, 0.4) is 0 Å². The van der Waals surface area contributed by atoms with Crippen molar-refractivity contribution in [3.05, 3.63) is 65.9 Å². The molecular formula is C22H25N5O2. The highest BCUT2D eigenvalue weighted by Gasteiger charge is 2.13. The summed E-state index contributed by atoms with van der Waals surface area (Å²) in [5.41, 5.74) is 3.88. The number of para-hydroxylation sites is 1. The Morgan fingerprint density at radius 2 is 1.76 bits per heavy atom. The van der Waals surface area contributed by atoms with Gasteiger partial charge in [0.2, 0.25) is 5.95 Å². The summed E-state index contributed by atoms with van der Waals surface area (Å²) >= 11 is 0. The molecule has 3 aromatic rings. The van der Waals surface area contributed by atoms with E-state index in [-0.39, 0.29) is 5.97 Å². The fourth-order valence-corrected chi connectivity index (χ4v) is 2.78. The van der Waals surface area contributed by atoms with Gasteiger partial charge in [0, 0.05) is 37.2 Å². The first-order valence-electron chi connectivity index (χ1n) is 9.39. The highest BCUT2D eigenvalue weighted by molar-refractivity contribution is 5.96. The third-order valence-corrected chi connectivity index (χ3v) is 4.18. The van der Waals surface area contributed by atoms with Crippen LogP contribution in [0.5, 0.6) is 0 Å². The first kappa shape index (κ1) is 20.1. The van der Waals surface area contributed by atoms with Gasteiger partial charge >= 0.3 is 5.97 Å². The lowest BCUT2D eigenvalue weighted by Gasteiger charge is -2.14. The van der Waals surface area contributed by atoms with Gasteiger partial charge in [-0.2, -0.15) is 4.98 Å². The molecule has 0 saturated carbocycles. The van der Waals surface area contributed by atoms with Gasteiger partial charge in [0.15, 0.2) is 0 Å². The number of aryl methyl sites for hydroxylation is 1.